The largest absolute Gasteiger partial charge is 0.480 e. The van der Waals surface area contributed by atoms with Gasteiger partial charge in [-0.1, -0.05) is 18.2 Å². The average Bonchev–Trinajstić information content (AvgIpc) is 2.75. The van der Waals surface area contributed by atoms with Gasteiger partial charge in [0.25, 0.3) is 0 Å². The number of aromatic nitrogens is 3. The molecule has 0 unspecified atom stereocenters. The van der Waals surface area contributed by atoms with E-state index < -0.39 is 18.1 Å². The summed E-state index contributed by atoms with van der Waals surface area (Å²) < 4.78 is 5.18. The number of carboxylic acids is 1. The number of hydrogen-bond acceptors (Lipinski definition) is 7. The van der Waals surface area contributed by atoms with Crippen LogP contribution in [0.1, 0.15) is 5.56 Å². The van der Waals surface area contributed by atoms with Gasteiger partial charge in [0.1, 0.15) is 23.9 Å². The second-order valence-corrected chi connectivity index (χ2v) is 6.67. The number of amides is 1. The molecule has 0 bridgehead atoms. The molecule has 3 rings (SSSR count). The van der Waals surface area contributed by atoms with Crippen molar-refractivity contribution in [1.29, 1.82) is 0 Å². The summed E-state index contributed by atoms with van der Waals surface area (Å²) in [5.41, 5.74) is 2.19. The summed E-state index contributed by atoms with van der Waals surface area (Å²) >= 11 is 0. The van der Waals surface area contributed by atoms with E-state index in [-0.39, 0.29) is 6.42 Å². The monoisotopic (exact) mass is 407 g/mol. The van der Waals surface area contributed by atoms with Crippen molar-refractivity contribution in [3.8, 4) is 16.9 Å². The maximum absolute atomic E-state index is 11.9. The van der Waals surface area contributed by atoms with Gasteiger partial charge in [0.15, 0.2) is 0 Å². The van der Waals surface area contributed by atoms with Gasteiger partial charge in [-0.15, -0.1) is 0 Å². The molecule has 30 heavy (non-hydrogen) atoms. The lowest BCUT2D eigenvalue weighted by molar-refractivity contribution is -0.137. The average molecular weight is 407 g/mol. The van der Waals surface area contributed by atoms with Gasteiger partial charge in [-0.3, -0.25) is 4.98 Å². The second kappa shape index (κ2) is 9.46. The molecule has 0 spiro atoms. The maximum atomic E-state index is 11.9. The number of ether oxygens (including phenoxy) is 1. The number of anilines is 1. The molecule has 1 atom stereocenters. The first-order chi connectivity index (χ1) is 14.4. The van der Waals surface area contributed by atoms with Crippen molar-refractivity contribution < 1.29 is 19.4 Å². The summed E-state index contributed by atoms with van der Waals surface area (Å²) in [4.78, 5) is 37.1. The first-order valence-corrected chi connectivity index (χ1v) is 9.12. The van der Waals surface area contributed by atoms with Crippen LogP contribution in [0.4, 0.5) is 10.6 Å². The molecule has 0 saturated carbocycles. The number of benzene rings is 1. The lowest BCUT2D eigenvalue weighted by Gasteiger charge is -2.17. The summed E-state index contributed by atoms with van der Waals surface area (Å²) in [5.74, 6) is -0.234. The highest BCUT2D eigenvalue weighted by atomic mass is 16.6. The minimum atomic E-state index is -1.02. The van der Waals surface area contributed by atoms with E-state index in [1.54, 1.807) is 63.0 Å². The number of aliphatic carboxylic acids is 1. The predicted molar refractivity (Wildman–Crippen MR) is 110 cm³/mol. The van der Waals surface area contributed by atoms with Crippen LogP contribution in [-0.2, 0) is 11.2 Å². The molecule has 154 valence electrons. The van der Waals surface area contributed by atoms with Gasteiger partial charge in [0, 0.05) is 50.2 Å². The number of rotatable bonds is 7. The third-order valence-electron chi connectivity index (χ3n) is 4.23. The van der Waals surface area contributed by atoms with Crippen LogP contribution in [0.25, 0.3) is 11.1 Å². The Kier molecular flexibility index (Phi) is 6.53. The Hall–Kier alpha value is -4.01. The highest BCUT2D eigenvalue weighted by molar-refractivity contribution is 5.81. The highest BCUT2D eigenvalue weighted by Gasteiger charge is 2.20. The van der Waals surface area contributed by atoms with Gasteiger partial charge in [-0.25, -0.2) is 19.6 Å². The Morgan fingerprint density at radius 3 is 2.53 bits per heavy atom. The van der Waals surface area contributed by atoms with Gasteiger partial charge in [-0.2, -0.15) is 0 Å². The smallest absolute Gasteiger partial charge is 0.414 e. The van der Waals surface area contributed by atoms with Crippen LogP contribution < -0.4 is 10.1 Å². The van der Waals surface area contributed by atoms with Crippen LogP contribution in [-0.4, -0.2) is 57.2 Å². The lowest BCUT2D eigenvalue weighted by Crippen LogP contribution is -2.32. The van der Waals surface area contributed by atoms with Crippen LogP contribution in [0.5, 0.6) is 5.75 Å². The molecule has 2 aromatic heterocycles. The molecule has 2 heterocycles. The van der Waals surface area contributed by atoms with Crippen molar-refractivity contribution >= 4 is 17.9 Å². The number of hydrogen-bond donors (Lipinski definition) is 2. The van der Waals surface area contributed by atoms with Crippen LogP contribution in [0.15, 0.2) is 61.3 Å². The van der Waals surface area contributed by atoms with Crippen molar-refractivity contribution in [2.45, 2.75) is 12.5 Å². The third kappa shape index (κ3) is 5.28. The van der Waals surface area contributed by atoms with Crippen molar-refractivity contribution in [3.05, 3.63) is 66.9 Å². The van der Waals surface area contributed by atoms with E-state index in [1.807, 2.05) is 6.07 Å². The Morgan fingerprint density at radius 2 is 1.90 bits per heavy atom. The summed E-state index contributed by atoms with van der Waals surface area (Å²) in [5, 5.41) is 12.7. The Morgan fingerprint density at radius 1 is 1.13 bits per heavy atom. The summed E-state index contributed by atoms with van der Waals surface area (Å²) in [6.07, 6.45) is 5.99. The van der Waals surface area contributed by atoms with E-state index in [4.69, 9.17) is 4.74 Å². The zero-order valence-corrected chi connectivity index (χ0v) is 16.5. The summed E-state index contributed by atoms with van der Waals surface area (Å²) in [6.45, 7) is 0. The molecular formula is C21H21N5O4. The molecule has 0 aliphatic rings. The van der Waals surface area contributed by atoms with Crippen LogP contribution >= 0.6 is 0 Å². The van der Waals surface area contributed by atoms with E-state index >= 15 is 0 Å². The van der Waals surface area contributed by atoms with Crippen LogP contribution in [0, 0.1) is 0 Å². The number of carbonyl (C=O) groups is 2. The molecule has 0 fully saturated rings. The lowest BCUT2D eigenvalue weighted by atomic mass is 10.0. The molecule has 0 saturated heterocycles. The van der Waals surface area contributed by atoms with Gasteiger partial charge in [0.2, 0.25) is 0 Å². The van der Waals surface area contributed by atoms with Crippen molar-refractivity contribution in [1.82, 2.24) is 19.9 Å². The van der Waals surface area contributed by atoms with Crippen molar-refractivity contribution in [3.63, 3.8) is 0 Å². The molecule has 9 heteroatoms. The molecule has 1 amide bonds. The normalized spacial score (nSPS) is 11.4. The topological polar surface area (TPSA) is 118 Å². The molecule has 0 radical (unpaired) electrons. The van der Waals surface area contributed by atoms with E-state index in [0.717, 1.165) is 11.1 Å². The summed E-state index contributed by atoms with van der Waals surface area (Å²) in [6, 6.07) is 9.40. The standard InChI is InChI=1S/C21H21N5O4/c1-26(2)21(29)30-16-7-5-14(6-8-16)10-18(20(27)28)25-19-17(12-23-13-24-19)15-4-3-9-22-11-15/h3-9,11-13,18H,10H2,1-2H3,(H,27,28)(H,23,24,25)/t18-/m0/s1. The molecule has 0 aliphatic carbocycles. The van der Waals surface area contributed by atoms with Gasteiger partial charge in [0.05, 0.1) is 0 Å². The molecular weight excluding hydrogens is 386 g/mol. The highest BCUT2D eigenvalue weighted by Crippen LogP contribution is 2.25. The Balaban J connectivity index is 1.75. The van der Waals surface area contributed by atoms with E-state index in [1.165, 1.54) is 11.2 Å². The molecule has 2 N–H and O–H groups in total. The minimum Gasteiger partial charge on any atom is -0.480 e. The van der Waals surface area contributed by atoms with E-state index in [2.05, 4.69) is 20.3 Å². The van der Waals surface area contributed by atoms with Crippen molar-refractivity contribution in [2.75, 3.05) is 19.4 Å². The Bertz CT molecular complexity index is 1010. The fourth-order valence-corrected chi connectivity index (χ4v) is 2.66. The number of nitrogens with zero attached hydrogens (tertiary/aromatic N) is 4. The van der Waals surface area contributed by atoms with E-state index in [0.29, 0.717) is 17.1 Å². The maximum Gasteiger partial charge on any atom is 0.414 e. The van der Waals surface area contributed by atoms with Crippen molar-refractivity contribution in [2.24, 2.45) is 0 Å². The number of carbonyl (C=O) groups excluding carboxylic acids is 1. The number of carboxylic acid groups (broad SMARTS) is 1. The van der Waals surface area contributed by atoms with Crippen LogP contribution in [0.2, 0.25) is 0 Å². The number of nitrogens with one attached hydrogen (secondary N) is 1. The van der Waals surface area contributed by atoms with E-state index in [9.17, 15) is 14.7 Å². The van der Waals surface area contributed by atoms with Gasteiger partial charge < -0.3 is 20.1 Å². The summed E-state index contributed by atoms with van der Waals surface area (Å²) in [7, 11) is 3.18. The fourth-order valence-electron chi connectivity index (χ4n) is 2.66. The zero-order chi connectivity index (χ0) is 21.5. The quantitative estimate of drug-likeness (QED) is 0.614. The molecule has 9 nitrogen and oxygen atoms in total. The second-order valence-electron chi connectivity index (χ2n) is 6.67. The third-order valence-corrected chi connectivity index (χ3v) is 4.23. The Labute approximate surface area is 173 Å². The first-order valence-electron chi connectivity index (χ1n) is 9.12. The number of pyridine rings is 1. The van der Waals surface area contributed by atoms with Gasteiger partial charge >= 0.3 is 12.1 Å². The van der Waals surface area contributed by atoms with Gasteiger partial charge in [-0.05, 0) is 23.8 Å². The molecule has 3 aromatic rings. The first kappa shape index (κ1) is 20.7. The SMILES string of the molecule is CN(C)C(=O)Oc1ccc(C[C@H](Nc2ncncc2-c2cccnc2)C(=O)O)cc1. The zero-order valence-electron chi connectivity index (χ0n) is 16.5. The molecule has 0 aliphatic heterocycles. The fraction of sp³-hybridized carbons (Fsp3) is 0.190. The predicted octanol–water partition coefficient (Wildman–Crippen LogP) is 2.71. The van der Waals surface area contributed by atoms with Crippen LogP contribution in [0.3, 0.4) is 0 Å². The minimum absolute atomic E-state index is 0.202. The molecule has 1 aromatic carbocycles.